The number of thioether (sulfide) groups is 1. The zero-order chi connectivity index (χ0) is 28.5. The maximum absolute atomic E-state index is 13.1. The van der Waals surface area contributed by atoms with Crippen molar-refractivity contribution in [2.75, 3.05) is 30.9 Å². The molecule has 3 unspecified atom stereocenters. The molecule has 1 aliphatic carbocycles. The van der Waals surface area contributed by atoms with Crippen LogP contribution < -0.4 is 5.32 Å². The summed E-state index contributed by atoms with van der Waals surface area (Å²) in [6.45, 7) is 5.57. The van der Waals surface area contributed by atoms with Crippen molar-refractivity contribution in [3.63, 3.8) is 0 Å². The summed E-state index contributed by atoms with van der Waals surface area (Å²) in [5, 5.41) is 13.6. The molecule has 11 heteroatoms. The Bertz CT molecular complexity index is 1400. The van der Waals surface area contributed by atoms with Gasteiger partial charge >= 0.3 is 6.18 Å². The molecule has 5 rings (SSSR count). The Morgan fingerprint density at radius 2 is 2.10 bits per heavy atom. The average molecular weight is 574 g/mol. The molecule has 1 saturated carbocycles. The average Bonchev–Trinajstić information content (AvgIpc) is 3.69. The summed E-state index contributed by atoms with van der Waals surface area (Å²) in [4.78, 5) is 21.1. The first-order valence-electron chi connectivity index (χ1n) is 13.1. The van der Waals surface area contributed by atoms with Gasteiger partial charge in [0, 0.05) is 41.8 Å². The predicted molar refractivity (Wildman–Crippen MR) is 145 cm³/mol. The van der Waals surface area contributed by atoms with Crippen LogP contribution in [0.15, 0.2) is 53.7 Å². The van der Waals surface area contributed by atoms with Gasteiger partial charge in [0.1, 0.15) is 5.69 Å². The van der Waals surface area contributed by atoms with Crippen molar-refractivity contribution in [1.29, 1.82) is 0 Å². The van der Waals surface area contributed by atoms with Crippen LogP contribution >= 0.6 is 11.8 Å². The van der Waals surface area contributed by atoms with Gasteiger partial charge in [0.05, 0.1) is 17.4 Å². The number of benzene rings is 1. The zero-order valence-corrected chi connectivity index (χ0v) is 22.9. The standard InChI is InChI=1S/C29H30F3N3O4S/c1-3-39-26(36)16-40-25-12-19(11-23(35-25)28-7-9-38-15-20(28)14-28)22-13-21(5-4-17(22)2)34-27(37)18-6-8-33-24(10-18)29(30,31)32/h4-6,8,10-13,20,26,36H,3,7,9,14-16H2,1-2H3,(H,34,37). The third-order valence-corrected chi connectivity index (χ3v) is 8.36. The van der Waals surface area contributed by atoms with Crippen LogP contribution in [0.2, 0.25) is 0 Å². The summed E-state index contributed by atoms with van der Waals surface area (Å²) in [5.41, 5.74) is 2.86. The summed E-state index contributed by atoms with van der Waals surface area (Å²) in [6.07, 6.45) is -2.69. The lowest BCUT2D eigenvalue weighted by Gasteiger charge is -2.23. The van der Waals surface area contributed by atoms with Crippen LogP contribution in [0.1, 0.15) is 47.1 Å². The molecule has 1 amide bonds. The highest BCUT2D eigenvalue weighted by Crippen LogP contribution is 2.58. The molecule has 0 bridgehead atoms. The van der Waals surface area contributed by atoms with Gasteiger partial charge in [-0.15, -0.1) is 11.8 Å². The Morgan fingerprint density at radius 3 is 2.85 bits per heavy atom. The van der Waals surface area contributed by atoms with Gasteiger partial charge in [-0.1, -0.05) is 6.07 Å². The Labute approximate surface area is 234 Å². The molecular weight excluding hydrogens is 543 g/mol. The molecule has 2 N–H and O–H groups in total. The molecule has 212 valence electrons. The van der Waals surface area contributed by atoms with Crippen molar-refractivity contribution in [3.8, 4) is 11.1 Å². The van der Waals surface area contributed by atoms with E-state index in [0.29, 0.717) is 37.2 Å². The van der Waals surface area contributed by atoms with Crippen LogP contribution in [0.5, 0.6) is 0 Å². The number of aliphatic hydroxyl groups is 1. The maximum atomic E-state index is 13.1. The number of carbonyl (C=O) groups excluding carboxylic acids is 1. The number of pyridine rings is 2. The predicted octanol–water partition coefficient (Wildman–Crippen LogP) is 5.85. The number of alkyl halides is 3. The Morgan fingerprint density at radius 1 is 1.27 bits per heavy atom. The van der Waals surface area contributed by atoms with Crippen LogP contribution in [0, 0.1) is 12.8 Å². The van der Waals surface area contributed by atoms with Crippen LogP contribution in [0.3, 0.4) is 0 Å². The monoisotopic (exact) mass is 573 g/mol. The number of hydrogen-bond donors (Lipinski definition) is 2. The number of carbonyl (C=O) groups is 1. The van der Waals surface area contributed by atoms with E-state index in [2.05, 4.69) is 16.4 Å². The highest BCUT2D eigenvalue weighted by Gasteiger charge is 2.57. The number of anilines is 1. The smallest absolute Gasteiger partial charge is 0.381 e. The van der Waals surface area contributed by atoms with E-state index >= 15 is 0 Å². The first kappa shape index (κ1) is 28.5. The van der Waals surface area contributed by atoms with Gasteiger partial charge in [0.15, 0.2) is 6.29 Å². The molecule has 2 aromatic heterocycles. The number of hydrogen-bond acceptors (Lipinski definition) is 7. The van der Waals surface area contributed by atoms with Gasteiger partial charge in [-0.2, -0.15) is 13.2 Å². The summed E-state index contributed by atoms with van der Waals surface area (Å²) < 4.78 is 50.2. The summed E-state index contributed by atoms with van der Waals surface area (Å²) >= 11 is 1.41. The lowest BCUT2D eigenvalue weighted by atomic mass is 9.91. The fourth-order valence-electron chi connectivity index (χ4n) is 5.15. The molecule has 40 heavy (non-hydrogen) atoms. The number of aromatic nitrogens is 2. The number of nitrogens with one attached hydrogen (secondary N) is 1. The number of nitrogens with zero attached hydrogens (tertiary/aromatic N) is 2. The normalized spacial score (nSPS) is 21.0. The van der Waals surface area contributed by atoms with E-state index in [1.807, 2.05) is 32.0 Å². The second-order valence-corrected chi connectivity index (χ2v) is 11.1. The van der Waals surface area contributed by atoms with E-state index in [1.165, 1.54) is 17.8 Å². The van der Waals surface area contributed by atoms with Crippen molar-refractivity contribution < 1.29 is 32.5 Å². The van der Waals surface area contributed by atoms with Crippen molar-refractivity contribution in [3.05, 3.63) is 71.2 Å². The molecule has 3 aromatic rings. The van der Waals surface area contributed by atoms with E-state index < -0.39 is 24.1 Å². The van der Waals surface area contributed by atoms with Crippen molar-refractivity contribution in [1.82, 2.24) is 9.97 Å². The molecule has 1 aromatic carbocycles. The van der Waals surface area contributed by atoms with Gasteiger partial charge in [0.2, 0.25) is 0 Å². The topological polar surface area (TPSA) is 93.6 Å². The number of rotatable bonds is 9. The molecule has 2 fully saturated rings. The van der Waals surface area contributed by atoms with Gasteiger partial charge in [0.25, 0.3) is 5.91 Å². The fourth-order valence-corrected chi connectivity index (χ4v) is 5.94. The quantitative estimate of drug-likeness (QED) is 0.245. The van der Waals surface area contributed by atoms with E-state index in [1.54, 1.807) is 6.07 Å². The van der Waals surface area contributed by atoms with Gasteiger partial charge in [-0.3, -0.25) is 9.78 Å². The minimum atomic E-state index is -4.65. The van der Waals surface area contributed by atoms with Crippen LogP contribution in [-0.2, 0) is 21.1 Å². The number of aliphatic hydroxyl groups excluding tert-OH is 1. The Kier molecular flexibility index (Phi) is 8.19. The molecule has 0 spiro atoms. The third kappa shape index (κ3) is 6.17. The van der Waals surface area contributed by atoms with E-state index in [4.69, 9.17) is 14.5 Å². The SMILES string of the molecule is CCOC(O)CSc1cc(-c2cc(NC(=O)c3ccnc(C(F)(F)F)c3)ccc2C)cc(C23CCOCC2C3)n1. The van der Waals surface area contributed by atoms with Crippen molar-refractivity contribution in [2.45, 2.75) is 49.6 Å². The lowest BCUT2D eigenvalue weighted by Crippen LogP contribution is -2.23. The molecule has 7 nitrogen and oxygen atoms in total. The molecule has 1 saturated heterocycles. The van der Waals surface area contributed by atoms with E-state index in [9.17, 15) is 23.1 Å². The second-order valence-electron chi connectivity index (χ2n) is 10.1. The number of ether oxygens (including phenoxy) is 2. The summed E-state index contributed by atoms with van der Waals surface area (Å²) in [6, 6.07) is 11.4. The molecule has 1 aliphatic heterocycles. The van der Waals surface area contributed by atoms with Crippen LogP contribution in [-0.4, -0.2) is 52.8 Å². The maximum Gasteiger partial charge on any atom is 0.433 e. The number of halogens is 3. The first-order valence-corrected chi connectivity index (χ1v) is 14.1. The Hall–Kier alpha value is -2.99. The molecule has 3 atom stereocenters. The molecular formula is C29H30F3N3O4S. The highest BCUT2D eigenvalue weighted by molar-refractivity contribution is 7.99. The third-order valence-electron chi connectivity index (χ3n) is 7.41. The van der Waals surface area contributed by atoms with E-state index in [-0.39, 0.29) is 11.0 Å². The largest absolute Gasteiger partial charge is 0.433 e. The van der Waals surface area contributed by atoms with Crippen LogP contribution in [0.4, 0.5) is 18.9 Å². The number of aryl methyl sites for hydroxylation is 1. The van der Waals surface area contributed by atoms with E-state index in [0.717, 1.165) is 52.5 Å². The fraction of sp³-hybridized carbons (Fsp3) is 0.414. The van der Waals surface area contributed by atoms with Gasteiger partial charge in [-0.25, -0.2) is 4.98 Å². The Balaban J connectivity index is 1.45. The number of amides is 1. The van der Waals surface area contributed by atoms with Crippen molar-refractivity contribution in [2.24, 2.45) is 5.92 Å². The summed E-state index contributed by atoms with van der Waals surface area (Å²) in [5.74, 6) is 0.0789. The number of fused-ring (bicyclic) bond motifs is 1. The minimum Gasteiger partial charge on any atom is -0.381 e. The minimum absolute atomic E-state index is 0.0284. The molecule has 0 radical (unpaired) electrons. The highest BCUT2D eigenvalue weighted by atomic mass is 32.2. The van der Waals surface area contributed by atoms with Crippen LogP contribution in [0.25, 0.3) is 11.1 Å². The first-order chi connectivity index (χ1) is 19.1. The second kappa shape index (κ2) is 11.5. The van der Waals surface area contributed by atoms with Crippen molar-refractivity contribution >= 4 is 23.4 Å². The molecule has 3 heterocycles. The molecule has 2 aliphatic rings. The zero-order valence-electron chi connectivity index (χ0n) is 22.1. The summed E-state index contributed by atoms with van der Waals surface area (Å²) in [7, 11) is 0. The van der Waals surface area contributed by atoms with Gasteiger partial charge in [-0.05, 0) is 85.7 Å². The van der Waals surface area contributed by atoms with Gasteiger partial charge < -0.3 is 19.9 Å². The lowest BCUT2D eigenvalue weighted by molar-refractivity contribution is -0.141.